The number of nitrogens with one attached hydrogen (secondary N) is 2. The third-order valence-electron chi connectivity index (χ3n) is 3.26. The van der Waals surface area contributed by atoms with Gasteiger partial charge in [-0.2, -0.15) is 5.26 Å². The van der Waals surface area contributed by atoms with Crippen LogP contribution in [0.5, 0.6) is 0 Å². The average molecular weight is 298 g/mol. The molecule has 1 aromatic carbocycles. The van der Waals surface area contributed by atoms with Crippen molar-refractivity contribution in [3.63, 3.8) is 0 Å². The number of furan rings is 1. The number of likely N-dealkylation sites (N-methyl/N-ethyl adjacent to an activating group) is 1. The lowest BCUT2D eigenvalue weighted by molar-refractivity contribution is -0.886. The van der Waals surface area contributed by atoms with Gasteiger partial charge in [0.15, 0.2) is 12.3 Å². The van der Waals surface area contributed by atoms with Gasteiger partial charge in [-0.15, -0.1) is 0 Å². The van der Waals surface area contributed by atoms with E-state index in [4.69, 9.17) is 9.68 Å². The van der Waals surface area contributed by atoms with E-state index in [9.17, 15) is 4.79 Å². The number of carbonyl (C=O) groups excluding carboxylic acids is 1. The van der Waals surface area contributed by atoms with Crippen molar-refractivity contribution >= 4 is 11.6 Å². The quantitative estimate of drug-likeness (QED) is 0.844. The van der Waals surface area contributed by atoms with Crippen molar-refractivity contribution in [3.05, 3.63) is 53.5 Å². The van der Waals surface area contributed by atoms with Crippen molar-refractivity contribution in [2.45, 2.75) is 19.9 Å². The molecule has 0 fully saturated rings. The van der Waals surface area contributed by atoms with Crippen molar-refractivity contribution in [2.75, 3.05) is 18.9 Å². The second-order valence-corrected chi connectivity index (χ2v) is 5.40. The van der Waals surface area contributed by atoms with Crippen LogP contribution in [0.3, 0.4) is 0 Å². The molecule has 0 bridgehead atoms. The van der Waals surface area contributed by atoms with E-state index in [-0.39, 0.29) is 5.91 Å². The summed E-state index contributed by atoms with van der Waals surface area (Å²) in [7, 11) is 1.95. The highest BCUT2D eigenvalue weighted by atomic mass is 16.3. The van der Waals surface area contributed by atoms with Gasteiger partial charge in [0.25, 0.3) is 5.91 Å². The smallest absolute Gasteiger partial charge is 0.279 e. The topological polar surface area (TPSA) is 70.5 Å². The average Bonchev–Trinajstić information content (AvgIpc) is 2.86. The van der Waals surface area contributed by atoms with Gasteiger partial charge in [0, 0.05) is 5.69 Å². The zero-order chi connectivity index (χ0) is 15.9. The minimum Gasteiger partial charge on any atom is -0.460 e. The summed E-state index contributed by atoms with van der Waals surface area (Å²) in [5.74, 6) is 1.71. The fourth-order valence-electron chi connectivity index (χ4n) is 2.22. The number of hydrogen-bond acceptors (Lipinski definition) is 3. The molecular weight excluding hydrogens is 278 g/mol. The Morgan fingerprint density at radius 1 is 1.27 bits per heavy atom. The van der Waals surface area contributed by atoms with Gasteiger partial charge >= 0.3 is 0 Å². The monoisotopic (exact) mass is 298 g/mol. The van der Waals surface area contributed by atoms with Crippen molar-refractivity contribution < 1.29 is 14.1 Å². The summed E-state index contributed by atoms with van der Waals surface area (Å²) in [6, 6.07) is 13.3. The van der Waals surface area contributed by atoms with E-state index >= 15 is 0 Å². The van der Waals surface area contributed by atoms with Crippen LogP contribution >= 0.6 is 0 Å². The molecule has 2 N–H and O–H groups in total. The van der Waals surface area contributed by atoms with E-state index in [1.807, 2.05) is 50.4 Å². The summed E-state index contributed by atoms with van der Waals surface area (Å²) in [5, 5.41) is 11.5. The predicted molar refractivity (Wildman–Crippen MR) is 83.3 cm³/mol. The van der Waals surface area contributed by atoms with Crippen LogP contribution in [0.25, 0.3) is 0 Å². The zero-order valence-electron chi connectivity index (χ0n) is 12.8. The fraction of sp³-hybridized carbons (Fsp3) is 0.294. The number of quaternary nitrogens is 1. The molecule has 2 rings (SSSR count). The molecule has 1 heterocycles. The van der Waals surface area contributed by atoms with E-state index < -0.39 is 0 Å². The third kappa shape index (κ3) is 4.76. The molecule has 1 atom stereocenters. The van der Waals surface area contributed by atoms with Crippen LogP contribution in [-0.4, -0.2) is 19.5 Å². The Bertz CT molecular complexity index is 668. The second-order valence-electron chi connectivity index (χ2n) is 5.40. The number of benzene rings is 1. The van der Waals surface area contributed by atoms with E-state index in [2.05, 4.69) is 11.4 Å². The molecule has 2 aromatic rings. The predicted octanol–water partition coefficient (Wildman–Crippen LogP) is 1.31. The number of rotatable bonds is 6. The van der Waals surface area contributed by atoms with Crippen LogP contribution < -0.4 is 10.2 Å². The molecule has 22 heavy (non-hydrogen) atoms. The maximum absolute atomic E-state index is 12.0. The second kappa shape index (κ2) is 7.43. The first kappa shape index (κ1) is 15.8. The van der Waals surface area contributed by atoms with Crippen LogP contribution in [0.1, 0.15) is 17.1 Å². The van der Waals surface area contributed by atoms with Gasteiger partial charge in [-0.25, -0.2) is 0 Å². The van der Waals surface area contributed by atoms with Gasteiger partial charge in [0.1, 0.15) is 12.3 Å². The maximum atomic E-state index is 12.0. The van der Waals surface area contributed by atoms with Crippen molar-refractivity contribution in [1.82, 2.24) is 0 Å². The van der Waals surface area contributed by atoms with Gasteiger partial charge in [0.05, 0.1) is 19.5 Å². The first-order valence-corrected chi connectivity index (χ1v) is 7.19. The maximum Gasteiger partial charge on any atom is 0.279 e. The molecule has 1 aromatic heterocycles. The SMILES string of the molecule is Cc1ccc(C[NH+](C)CC(=O)Nc2ccc(CC#N)cc2)o1. The molecule has 0 saturated carbocycles. The van der Waals surface area contributed by atoms with E-state index in [0.717, 1.165) is 27.7 Å². The highest BCUT2D eigenvalue weighted by molar-refractivity contribution is 5.91. The Morgan fingerprint density at radius 3 is 2.59 bits per heavy atom. The van der Waals surface area contributed by atoms with Crippen LogP contribution in [0, 0.1) is 18.3 Å². The normalized spacial score (nSPS) is 11.7. The van der Waals surface area contributed by atoms with Gasteiger partial charge < -0.3 is 14.6 Å². The zero-order valence-corrected chi connectivity index (χ0v) is 12.8. The lowest BCUT2D eigenvalue weighted by Crippen LogP contribution is -3.08. The van der Waals surface area contributed by atoms with Gasteiger partial charge in [-0.05, 0) is 36.8 Å². The number of aryl methyl sites for hydroxylation is 1. The Kier molecular flexibility index (Phi) is 5.34. The van der Waals surface area contributed by atoms with Gasteiger partial charge in [-0.1, -0.05) is 12.1 Å². The lowest BCUT2D eigenvalue weighted by Gasteiger charge is -2.12. The number of amides is 1. The van der Waals surface area contributed by atoms with Crippen LogP contribution in [-0.2, 0) is 17.8 Å². The molecule has 0 saturated heterocycles. The van der Waals surface area contributed by atoms with Crippen molar-refractivity contribution in [1.29, 1.82) is 5.26 Å². The van der Waals surface area contributed by atoms with Crippen LogP contribution in [0.4, 0.5) is 5.69 Å². The summed E-state index contributed by atoms with van der Waals surface area (Å²) >= 11 is 0. The van der Waals surface area contributed by atoms with Crippen molar-refractivity contribution in [2.24, 2.45) is 0 Å². The Hall–Kier alpha value is -2.58. The Balaban J connectivity index is 1.83. The first-order chi connectivity index (χ1) is 10.6. The van der Waals surface area contributed by atoms with E-state index in [1.165, 1.54) is 0 Å². The van der Waals surface area contributed by atoms with Crippen LogP contribution in [0.2, 0.25) is 0 Å². The number of hydrogen-bond donors (Lipinski definition) is 2. The largest absolute Gasteiger partial charge is 0.460 e. The van der Waals surface area contributed by atoms with E-state index in [1.54, 1.807) is 0 Å². The number of nitriles is 1. The standard InChI is InChI=1S/C17H19N3O2/c1-13-3-8-16(22-13)11-20(2)12-17(21)19-15-6-4-14(5-7-15)9-10-18/h3-8H,9,11-12H2,1-2H3,(H,19,21)/p+1. The highest BCUT2D eigenvalue weighted by Gasteiger charge is 2.12. The summed E-state index contributed by atoms with van der Waals surface area (Å²) < 4.78 is 5.51. The fourth-order valence-corrected chi connectivity index (χ4v) is 2.22. The molecule has 114 valence electrons. The highest BCUT2D eigenvalue weighted by Crippen LogP contribution is 2.09. The molecule has 5 heteroatoms. The molecule has 0 aliphatic heterocycles. The molecule has 1 unspecified atom stereocenters. The Labute approximate surface area is 130 Å². The molecular formula is C17H20N3O2+. The third-order valence-corrected chi connectivity index (χ3v) is 3.26. The van der Waals surface area contributed by atoms with Gasteiger partial charge in [0.2, 0.25) is 0 Å². The number of anilines is 1. The summed E-state index contributed by atoms with van der Waals surface area (Å²) in [5.41, 5.74) is 1.68. The summed E-state index contributed by atoms with van der Waals surface area (Å²) in [6.07, 6.45) is 0.379. The molecule has 0 aliphatic rings. The molecule has 5 nitrogen and oxygen atoms in total. The molecule has 0 spiro atoms. The molecule has 0 radical (unpaired) electrons. The summed E-state index contributed by atoms with van der Waals surface area (Å²) in [6.45, 7) is 2.93. The number of nitrogens with zero attached hydrogens (tertiary/aromatic N) is 1. The summed E-state index contributed by atoms with van der Waals surface area (Å²) in [4.78, 5) is 13.1. The molecule has 1 amide bonds. The number of carbonyl (C=O) groups is 1. The van der Waals surface area contributed by atoms with Crippen LogP contribution in [0.15, 0.2) is 40.8 Å². The lowest BCUT2D eigenvalue weighted by atomic mass is 10.1. The van der Waals surface area contributed by atoms with Gasteiger partial charge in [-0.3, -0.25) is 4.79 Å². The Morgan fingerprint density at radius 2 is 2.00 bits per heavy atom. The van der Waals surface area contributed by atoms with E-state index in [0.29, 0.717) is 19.5 Å². The molecule has 0 aliphatic carbocycles. The van der Waals surface area contributed by atoms with Crippen molar-refractivity contribution in [3.8, 4) is 6.07 Å². The first-order valence-electron chi connectivity index (χ1n) is 7.19. The minimum atomic E-state index is -0.0474. The minimum absolute atomic E-state index is 0.0474.